The largest absolute Gasteiger partial charge is 0.316 e. The fourth-order valence-corrected chi connectivity index (χ4v) is 4.75. The molecular weight excluding hydrogens is 292 g/mol. The van der Waals surface area contributed by atoms with E-state index in [1.807, 2.05) is 0 Å². The third-order valence-corrected chi connectivity index (χ3v) is 6.46. The Morgan fingerprint density at radius 1 is 0.750 bits per heavy atom. The van der Waals surface area contributed by atoms with E-state index in [4.69, 9.17) is 0 Å². The molecule has 0 aromatic rings. The number of hydrogen-bond acceptors (Lipinski definition) is 2. The van der Waals surface area contributed by atoms with Crippen LogP contribution in [0.25, 0.3) is 0 Å². The molecule has 1 atom stereocenters. The Labute approximate surface area is 152 Å². The van der Waals surface area contributed by atoms with Crippen LogP contribution in [0.4, 0.5) is 0 Å². The van der Waals surface area contributed by atoms with Gasteiger partial charge >= 0.3 is 0 Å². The molecule has 2 saturated heterocycles. The zero-order valence-corrected chi connectivity index (χ0v) is 16.5. The van der Waals surface area contributed by atoms with Gasteiger partial charge in [-0.25, -0.2) is 0 Å². The molecule has 0 aromatic carbocycles. The van der Waals surface area contributed by atoms with E-state index in [9.17, 15) is 0 Å². The molecule has 0 saturated carbocycles. The van der Waals surface area contributed by atoms with Gasteiger partial charge in [0.2, 0.25) is 0 Å². The lowest BCUT2D eigenvalue weighted by Gasteiger charge is -2.37. The van der Waals surface area contributed by atoms with Crippen LogP contribution >= 0.6 is 0 Å². The first-order valence-electron chi connectivity index (χ1n) is 11.3. The highest BCUT2D eigenvalue weighted by atomic mass is 15.1. The van der Waals surface area contributed by atoms with Crippen molar-refractivity contribution in [2.24, 2.45) is 11.8 Å². The van der Waals surface area contributed by atoms with E-state index in [1.54, 1.807) is 0 Å². The van der Waals surface area contributed by atoms with E-state index in [0.29, 0.717) is 0 Å². The van der Waals surface area contributed by atoms with Crippen LogP contribution in [-0.2, 0) is 0 Å². The first-order valence-corrected chi connectivity index (χ1v) is 11.3. The Balaban J connectivity index is 1.38. The normalized spacial score (nSPS) is 23.6. The molecule has 2 aliphatic rings. The van der Waals surface area contributed by atoms with Crippen molar-refractivity contribution in [3.8, 4) is 0 Å². The summed E-state index contributed by atoms with van der Waals surface area (Å²) in [5.41, 5.74) is 0. The molecule has 0 bridgehead atoms. The fourth-order valence-electron chi connectivity index (χ4n) is 4.75. The average Bonchev–Trinajstić information content (AvgIpc) is 2.64. The van der Waals surface area contributed by atoms with Crippen molar-refractivity contribution < 1.29 is 0 Å². The fraction of sp³-hybridized carbons (Fsp3) is 1.00. The summed E-state index contributed by atoms with van der Waals surface area (Å²) in [6.45, 7) is 8.97. The summed E-state index contributed by atoms with van der Waals surface area (Å²) in [6, 6.07) is 0. The predicted octanol–water partition coefficient (Wildman–Crippen LogP) is 5.62. The molecule has 0 spiro atoms. The van der Waals surface area contributed by atoms with E-state index >= 15 is 0 Å². The number of rotatable bonds is 12. The van der Waals surface area contributed by atoms with Crippen molar-refractivity contribution >= 4 is 0 Å². The summed E-state index contributed by atoms with van der Waals surface area (Å²) >= 11 is 0. The van der Waals surface area contributed by atoms with E-state index in [1.165, 1.54) is 123 Å². The lowest BCUT2D eigenvalue weighted by atomic mass is 9.80. The zero-order chi connectivity index (χ0) is 16.9. The minimum absolute atomic E-state index is 0.984. The number of unbranched alkanes of at least 4 members (excludes halogenated alkanes) is 9. The quantitative estimate of drug-likeness (QED) is 0.465. The van der Waals surface area contributed by atoms with Crippen molar-refractivity contribution in [2.45, 2.75) is 96.8 Å². The lowest BCUT2D eigenvalue weighted by molar-refractivity contribution is 0.131. The number of nitrogens with one attached hydrogen (secondary N) is 1. The first-order chi connectivity index (χ1) is 11.9. The second kappa shape index (κ2) is 13.2. The van der Waals surface area contributed by atoms with Gasteiger partial charge in [0, 0.05) is 0 Å². The smallest absolute Gasteiger partial charge is 0.00160 e. The average molecular weight is 337 g/mol. The van der Waals surface area contributed by atoms with Crippen molar-refractivity contribution in [2.75, 3.05) is 32.7 Å². The third-order valence-electron chi connectivity index (χ3n) is 6.46. The highest BCUT2D eigenvalue weighted by Crippen LogP contribution is 2.29. The van der Waals surface area contributed by atoms with Gasteiger partial charge in [-0.1, -0.05) is 64.7 Å². The monoisotopic (exact) mass is 336 g/mol. The van der Waals surface area contributed by atoms with Crippen LogP contribution < -0.4 is 5.32 Å². The van der Waals surface area contributed by atoms with Gasteiger partial charge in [0.1, 0.15) is 0 Å². The van der Waals surface area contributed by atoms with Gasteiger partial charge in [-0.05, 0) is 76.7 Å². The Kier molecular flexibility index (Phi) is 11.1. The SMILES string of the molecule is CCCCCCCCCCCCN1CCC(C2CCCNC2)CC1. The molecule has 142 valence electrons. The van der Waals surface area contributed by atoms with Gasteiger partial charge in [-0.15, -0.1) is 0 Å². The minimum atomic E-state index is 0.984. The topological polar surface area (TPSA) is 15.3 Å². The predicted molar refractivity (Wildman–Crippen MR) is 107 cm³/mol. The van der Waals surface area contributed by atoms with E-state index < -0.39 is 0 Å². The second-order valence-corrected chi connectivity index (χ2v) is 8.47. The van der Waals surface area contributed by atoms with Gasteiger partial charge in [0.25, 0.3) is 0 Å². The van der Waals surface area contributed by atoms with Gasteiger partial charge in [0.15, 0.2) is 0 Å². The minimum Gasteiger partial charge on any atom is -0.316 e. The van der Waals surface area contributed by atoms with Crippen LogP contribution in [-0.4, -0.2) is 37.6 Å². The van der Waals surface area contributed by atoms with Crippen LogP contribution in [0, 0.1) is 11.8 Å². The van der Waals surface area contributed by atoms with Gasteiger partial charge < -0.3 is 10.2 Å². The van der Waals surface area contributed by atoms with Gasteiger partial charge in [-0.3, -0.25) is 0 Å². The number of hydrogen-bond donors (Lipinski definition) is 1. The molecule has 0 amide bonds. The molecule has 2 fully saturated rings. The summed E-state index contributed by atoms with van der Waals surface area (Å²) in [6.07, 6.45) is 20.3. The van der Waals surface area contributed by atoms with E-state index in [-0.39, 0.29) is 0 Å². The molecule has 1 unspecified atom stereocenters. The van der Waals surface area contributed by atoms with Crippen molar-refractivity contribution in [3.63, 3.8) is 0 Å². The molecular formula is C22H44N2. The lowest BCUT2D eigenvalue weighted by Crippen LogP contribution is -2.41. The van der Waals surface area contributed by atoms with Crippen molar-refractivity contribution in [1.29, 1.82) is 0 Å². The molecule has 1 N–H and O–H groups in total. The summed E-state index contributed by atoms with van der Waals surface area (Å²) in [5.74, 6) is 2.00. The first kappa shape index (κ1) is 20.2. The van der Waals surface area contributed by atoms with Crippen molar-refractivity contribution in [1.82, 2.24) is 10.2 Å². The van der Waals surface area contributed by atoms with Crippen LogP contribution in [0.15, 0.2) is 0 Å². The number of piperidine rings is 2. The van der Waals surface area contributed by atoms with Crippen LogP contribution in [0.2, 0.25) is 0 Å². The van der Waals surface area contributed by atoms with Crippen LogP contribution in [0.1, 0.15) is 96.8 Å². The third kappa shape index (κ3) is 8.34. The molecule has 24 heavy (non-hydrogen) atoms. The maximum absolute atomic E-state index is 3.60. The molecule has 2 heterocycles. The van der Waals surface area contributed by atoms with Gasteiger partial charge in [0.05, 0.1) is 0 Å². The van der Waals surface area contributed by atoms with Crippen LogP contribution in [0.5, 0.6) is 0 Å². The summed E-state index contributed by atoms with van der Waals surface area (Å²) in [7, 11) is 0. The highest BCUT2D eigenvalue weighted by Gasteiger charge is 2.27. The molecule has 2 rings (SSSR count). The Bertz CT molecular complexity index is 278. The number of nitrogens with zero attached hydrogens (tertiary/aromatic N) is 1. The summed E-state index contributed by atoms with van der Waals surface area (Å²) in [5, 5.41) is 3.60. The summed E-state index contributed by atoms with van der Waals surface area (Å²) < 4.78 is 0. The highest BCUT2D eigenvalue weighted by molar-refractivity contribution is 4.81. The number of likely N-dealkylation sites (tertiary alicyclic amines) is 1. The standard InChI is InChI=1S/C22H44N2/c1-2-3-4-5-6-7-8-9-10-11-17-24-18-14-21(15-19-24)22-13-12-16-23-20-22/h21-23H,2-20H2,1H3. The Morgan fingerprint density at radius 3 is 1.96 bits per heavy atom. The van der Waals surface area contributed by atoms with E-state index in [0.717, 1.165) is 11.8 Å². The van der Waals surface area contributed by atoms with Crippen molar-refractivity contribution in [3.05, 3.63) is 0 Å². The molecule has 2 aliphatic heterocycles. The molecule has 0 aliphatic carbocycles. The summed E-state index contributed by atoms with van der Waals surface area (Å²) in [4.78, 5) is 2.75. The second-order valence-electron chi connectivity index (χ2n) is 8.47. The van der Waals surface area contributed by atoms with Crippen LogP contribution in [0.3, 0.4) is 0 Å². The zero-order valence-electron chi connectivity index (χ0n) is 16.5. The molecule has 2 heteroatoms. The molecule has 2 nitrogen and oxygen atoms in total. The Hall–Kier alpha value is -0.0800. The maximum atomic E-state index is 3.60. The Morgan fingerprint density at radius 2 is 1.38 bits per heavy atom. The van der Waals surface area contributed by atoms with E-state index in [2.05, 4.69) is 17.1 Å². The van der Waals surface area contributed by atoms with Gasteiger partial charge in [-0.2, -0.15) is 0 Å². The molecule has 0 radical (unpaired) electrons. The molecule has 0 aromatic heterocycles. The maximum Gasteiger partial charge on any atom is -0.00160 e.